The number of hydrogen-bond acceptors (Lipinski definition) is 6. The first-order chi connectivity index (χ1) is 15.1. The average Bonchev–Trinajstić information content (AvgIpc) is 3.47. The summed E-state index contributed by atoms with van der Waals surface area (Å²) in [5.41, 5.74) is 3.80. The maximum atomic E-state index is 13.4. The minimum absolute atomic E-state index is 0.00595. The van der Waals surface area contributed by atoms with Crippen molar-refractivity contribution >= 4 is 28.8 Å². The van der Waals surface area contributed by atoms with Crippen LogP contribution in [-0.4, -0.2) is 16.7 Å². The minimum atomic E-state index is -0.406. The summed E-state index contributed by atoms with van der Waals surface area (Å²) in [4.78, 5) is 30.9. The summed E-state index contributed by atoms with van der Waals surface area (Å²) in [6.45, 7) is 1.89. The van der Waals surface area contributed by atoms with Gasteiger partial charge < -0.3 is 15.1 Å². The van der Waals surface area contributed by atoms with Gasteiger partial charge in [0, 0.05) is 47.0 Å². The number of pyridine rings is 1. The Morgan fingerprint density at radius 1 is 1.23 bits per heavy atom. The Balaban J connectivity index is 1.54. The fourth-order valence-electron chi connectivity index (χ4n) is 4.46. The molecule has 31 heavy (non-hydrogen) atoms. The van der Waals surface area contributed by atoms with Crippen LogP contribution in [0.5, 0.6) is 0 Å². The second kappa shape index (κ2) is 8.00. The Bertz CT molecular complexity index is 1180. The van der Waals surface area contributed by atoms with E-state index in [9.17, 15) is 9.59 Å². The summed E-state index contributed by atoms with van der Waals surface area (Å²) in [5.74, 6) is 0.665. The lowest BCUT2D eigenvalue weighted by atomic mass is 9.73. The molecule has 0 radical (unpaired) electrons. The van der Waals surface area contributed by atoms with E-state index in [1.165, 1.54) is 0 Å². The van der Waals surface area contributed by atoms with Gasteiger partial charge in [0.05, 0.1) is 6.26 Å². The number of aromatic nitrogens is 1. The second-order valence-corrected chi connectivity index (χ2v) is 8.54. The van der Waals surface area contributed by atoms with Gasteiger partial charge in [-0.25, -0.2) is 4.98 Å². The van der Waals surface area contributed by atoms with E-state index in [4.69, 9.17) is 4.42 Å². The van der Waals surface area contributed by atoms with Crippen molar-refractivity contribution in [1.82, 2.24) is 10.3 Å². The number of hydrogen-bond donors (Lipinski definition) is 2. The van der Waals surface area contributed by atoms with E-state index in [0.717, 1.165) is 22.7 Å². The highest BCUT2D eigenvalue weighted by molar-refractivity contribution is 7.08. The second-order valence-electron chi connectivity index (χ2n) is 7.76. The molecule has 2 unspecified atom stereocenters. The van der Waals surface area contributed by atoms with Crippen LogP contribution in [-0.2, 0) is 9.59 Å². The molecule has 6 nitrogen and oxygen atoms in total. The third-order valence-corrected chi connectivity index (χ3v) is 6.50. The largest absolute Gasteiger partial charge is 0.469 e. The van der Waals surface area contributed by atoms with E-state index in [2.05, 4.69) is 15.6 Å². The Labute approximate surface area is 183 Å². The third-order valence-electron chi connectivity index (χ3n) is 5.80. The molecule has 0 saturated carbocycles. The summed E-state index contributed by atoms with van der Waals surface area (Å²) in [7, 11) is 0. The molecule has 0 bridgehead atoms. The lowest BCUT2D eigenvalue weighted by Gasteiger charge is -2.36. The SMILES string of the molecule is CC1=C(C(=O)Nc2ccccn2)C(c2ccsc2)C2=C(CC(c3ccco3)CC2=O)N1. The van der Waals surface area contributed by atoms with E-state index in [0.29, 0.717) is 29.8 Å². The van der Waals surface area contributed by atoms with Crippen LogP contribution in [0.2, 0.25) is 0 Å². The van der Waals surface area contributed by atoms with Gasteiger partial charge in [-0.3, -0.25) is 9.59 Å². The summed E-state index contributed by atoms with van der Waals surface area (Å²) < 4.78 is 5.57. The van der Waals surface area contributed by atoms with Gasteiger partial charge in [0.15, 0.2) is 5.78 Å². The van der Waals surface area contributed by atoms with Gasteiger partial charge in [-0.2, -0.15) is 11.3 Å². The van der Waals surface area contributed by atoms with Gasteiger partial charge in [0.25, 0.3) is 5.91 Å². The molecule has 0 fully saturated rings. The number of thiophene rings is 1. The Morgan fingerprint density at radius 2 is 2.13 bits per heavy atom. The predicted octanol–water partition coefficient (Wildman–Crippen LogP) is 4.74. The van der Waals surface area contributed by atoms with Gasteiger partial charge >= 0.3 is 0 Å². The highest BCUT2D eigenvalue weighted by Crippen LogP contribution is 2.46. The molecule has 1 amide bonds. The van der Waals surface area contributed by atoms with Crippen LogP contribution in [0.25, 0.3) is 0 Å². The topological polar surface area (TPSA) is 84.2 Å². The zero-order chi connectivity index (χ0) is 21.4. The van der Waals surface area contributed by atoms with Gasteiger partial charge in [-0.15, -0.1) is 0 Å². The van der Waals surface area contributed by atoms with Crippen molar-refractivity contribution < 1.29 is 14.0 Å². The van der Waals surface area contributed by atoms with E-state index < -0.39 is 5.92 Å². The fourth-order valence-corrected chi connectivity index (χ4v) is 5.14. The number of carbonyl (C=O) groups excluding carboxylic acids is 2. The van der Waals surface area contributed by atoms with Crippen molar-refractivity contribution in [3.8, 4) is 0 Å². The van der Waals surface area contributed by atoms with Crippen molar-refractivity contribution in [3.05, 3.63) is 93.5 Å². The van der Waals surface area contributed by atoms with Crippen LogP contribution < -0.4 is 10.6 Å². The number of anilines is 1. The van der Waals surface area contributed by atoms with Crippen LogP contribution in [0, 0.1) is 0 Å². The van der Waals surface area contributed by atoms with Gasteiger partial charge in [0.1, 0.15) is 11.6 Å². The zero-order valence-electron chi connectivity index (χ0n) is 16.9. The number of nitrogens with one attached hydrogen (secondary N) is 2. The number of Topliss-reactive ketones (excluding diaryl/α,β-unsaturated/α-hetero) is 1. The Morgan fingerprint density at radius 3 is 2.84 bits per heavy atom. The smallest absolute Gasteiger partial charge is 0.255 e. The monoisotopic (exact) mass is 431 g/mol. The zero-order valence-corrected chi connectivity index (χ0v) is 17.7. The van der Waals surface area contributed by atoms with Crippen LogP contribution >= 0.6 is 11.3 Å². The highest BCUT2D eigenvalue weighted by Gasteiger charge is 2.41. The molecule has 0 spiro atoms. The molecule has 4 heterocycles. The number of ketones is 1. The molecule has 0 saturated heterocycles. The fraction of sp³-hybridized carbons (Fsp3) is 0.208. The van der Waals surface area contributed by atoms with Crippen molar-refractivity contribution in [2.24, 2.45) is 0 Å². The molecule has 1 aliphatic carbocycles. The maximum absolute atomic E-state index is 13.4. The van der Waals surface area contributed by atoms with E-state index in [1.807, 2.05) is 41.9 Å². The number of rotatable bonds is 4. The number of allylic oxidation sites excluding steroid dienone is 3. The highest BCUT2D eigenvalue weighted by atomic mass is 32.1. The molecular weight excluding hydrogens is 410 g/mol. The molecule has 0 aromatic carbocycles. The number of nitrogens with zero attached hydrogens (tertiary/aromatic N) is 1. The molecule has 3 aromatic heterocycles. The molecule has 5 rings (SSSR count). The minimum Gasteiger partial charge on any atom is -0.469 e. The molecular formula is C24H21N3O3S. The molecule has 156 valence electrons. The third kappa shape index (κ3) is 3.61. The summed E-state index contributed by atoms with van der Waals surface area (Å²) in [5, 5.41) is 10.2. The van der Waals surface area contributed by atoms with Crippen molar-refractivity contribution in [2.75, 3.05) is 5.32 Å². The molecule has 2 aliphatic rings. The summed E-state index contributed by atoms with van der Waals surface area (Å²) >= 11 is 1.56. The summed E-state index contributed by atoms with van der Waals surface area (Å²) in [6.07, 6.45) is 4.30. The quantitative estimate of drug-likeness (QED) is 0.624. The van der Waals surface area contributed by atoms with Gasteiger partial charge in [0.2, 0.25) is 0 Å². The van der Waals surface area contributed by atoms with Crippen LogP contribution in [0.3, 0.4) is 0 Å². The first-order valence-corrected chi connectivity index (χ1v) is 11.1. The van der Waals surface area contributed by atoms with Crippen LogP contribution in [0.15, 0.2) is 86.6 Å². The van der Waals surface area contributed by atoms with Crippen LogP contribution in [0.4, 0.5) is 5.82 Å². The van der Waals surface area contributed by atoms with Crippen LogP contribution in [0.1, 0.15) is 42.9 Å². The number of amides is 1. The number of dihydropyridines is 1. The van der Waals surface area contributed by atoms with Gasteiger partial charge in [-0.1, -0.05) is 6.07 Å². The molecule has 7 heteroatoms. The Kier molecular flexibility index (Phi) is 5.03. The number of carbonyl (C=O) groups is 2. The van der Waals surface area contributed by atoms with Gasteiger partial charge in [-0.05, 0) is 60.0 Å². The number of furan rings is 1. The maximum Gasteiger partial charge on any atom is 0.255 e. The summed E-state index contributed by atoms with van der Waals surface area (Å²) in [6, 6.07) is 11.1. The average molecular weight is 432 g/mol. The standard InChI is InChI=1S/C24H21N3O3S/c1-14-21(24(29)27-20-6-2-3-8-25-20)22(15-7-10-31-13-15)23-17(26-14)11-16(12-18(23)28)19-5-4-9-30-19/h2-10,13,16,22,26H,11-12H2,1H3,(H,25,27,29). The molecule has 2 N–H and O–H groups in total. The normalized spacial score (nSPS) is 21.0. The van der Waals surface area contributed by atoms with E-state index in [1.54, 1.807) is 35.9 Å². The lowest BCUT2D eigenvalue weighted by Crippen LogP contribution is -2.37. The lowest BCUT2D eigenvalue weighted by molar-refractivity contribution is -0.116. The Hall–Kier alpha value is -3.45. The van der Waals surface area contributed by atoms with Crippen molar-refractivity contribution in [2.45, 2.75) is 31.6 Å². The van der Waals surface area contributed by atoms with Crippen molar-refractivity contribution in [1.29, 1.82) is 0 Å². The molecule has 1 aliphatic heterocycles. The molecule has 3 aromatic rings. The van der Waals surface area contributed by atoms with Crippen molar-refractivity contribution in [3.63, 3.8) is 0 Å². The molecule has 2 atom stereocenters. The first kappa shape index (κ1) is 19.5. The first-order valence-electron chi connectivity index (χ1n) is 10.1. The van der Waals surface area contributed by atoms with E-state index in [-0.39, 0.29) is 17.6 Å². The van der Waals surface area contributed by atoms with E-state index >= 15 is 0 Å². The predicted molar refractivity (Wildman–Crippen MR) is 118 cm³/mol.